The lowest BCUT2D eigenvalue weighted by Gasteiger charge is -2.36. The largest absolute Gasteiger partial charge is 0.497 e. The minimum absolute atomic E-state index is 0.117. The van der Waals surface area contributed by atoms with Gasteiger partial charge in [0.15, 0.2) is 5.13 Å². The lowest BCUT2D eigenvalue weighted by Crippen LogP contribution is -2.49. The van der Waals surface area contributed by atoms with Crippen molar-refractivity contribution in [2.45, 2.75) is 13.3 Å². The maximum absolute atomic E-state index is 12.7. The Morgan fingerprint density at radius 2 is 1.93 bits per heavy atom. The van der Waals surface area contributed by atoms with Crippen LogP contribution in [0.2, 0.25) is 0 Å². The van der Waals surface area contributed by atoms with Crippen LogP contribution in [0.15, 0.2) is 47.8 Å². The number of carbonyl (C=O) groups is 1. The van der Waals surface area contributed by atoms with E-state index in [0.717, 1.165) is 46.9 Å². The third-order valence-corrected chi connectivity index (χ3v) is 5.86. The van der Waals surface area contributed by atoms with Gasteiger partial charge in [-0.2, -0.15) is 0 Å². The number of aryl methyl sites for hydroxylation is 1. The van der Waals surface area contributed by atoms with E-state index in [9.17, 15) is 4.79 Å². The molecule has 30 heavy (non-hydrogen) atoms. The Morgan fingerprint density at radius 3 is 2.70 bits per heavy atom. The Bertz CT molecular complexity index is 1010. The predicted octanol–water partition coefficient (Wildman–Crippen LogP) is 3.49. The van der Waals surface area contributed by atoms with Crippen molar-refractivity contribution < 1.29 is 9.53 Å². The quantitative estimate of drug-likeness (QED) is 0.655. The molecule has 4 rings (SSSR count). The summed E-state index contributed by atoms with van der Waals surface area (Å²) >= 11 is 1.49. The molecule has 1 aliphatic heterocycles. The third kappa shape index (κ3) is 4.88. The molecule has 3 aromatic rings. The van der Waals surface area contributed by atoms with Crippen LogP contribution in [0.25, 0.3) is 0 Å². The molecule has 1 amide bonds. The van der Waals surface area contributed by atoms with Crippen molar-refractivity contribution in [1.82, 2.24) is 14.9 Å². The van der Waals surface area contributed by atoms with Crippen LogP contribution in [0, 0.1) is 6.92 Å². The van der Waals surface area contributed by atoms with Crippen LogP contribution in [0.4, 0.5) is 16.6 Å². The topological polar surface area (TPSA) is 70.6 Å². The molecule has 1 fully saturated rings. The minimum atomic E-state index is 0.117. The molecule has 0 saturated carbocycles. The fourth-order valence-corrected chi connectivity index (χ4v) is 4.17. The van der Waals surface area contributed by atoms with Gasteiger partial charge in [0.25, 0.3) is 0 Å². The number of nitrogens with one attached hydrogen (secondary N) is 1. The van der Waals surface area contributed by atoms with Gasteiger partial charge in [0, 0.05) is 49.0 Å². The molecule has 0 bridgehead atoms. The molecular weight excluding hydrogens is 398 g/mol. The van der Waals surface area contributed by atoms with E-state index < -0.39 is 0 Å². The van der Waals surface area contributed by atoms with Crippen LogP contribution in [0.1, 0.15) is 11.4 Å². The van der Waals surface area contributed by atoms with Crippen molar-refractivity contribution >= 4 is 33.9 Å². The minimum Gasteiger partial charge on any atom is -0.497 e. The fraction of sp³-hybridized carbons (Fsp3) is 0.318. The van der Waals surface area contributed by atoms with Crippen molar-refractivity contribution in [3.05, 3.63) is 59.2 Å². The second kappa shape index (κ2) is 9.13. The first kappa shape index (κ1) is 20.2. The van der Waals surface area contributed by atoms with E-state index in [-0.39, 0.29) is 5.91 Å². The number of methoxy groups -OCH3 is 1. The maximum atomic E-state index is 12.7. The van der Waals surface area contributed by atoms with Gasteiger partial charge in [-0.05, 0) is 31.2 Å². The normalized spacial score (nSPS) is 13.9. The van der Waals surface area contributed by atoms with Gasteiger partial charge in [0.1, 0.15) is 11.6 Å². The summed E-state index contributed by atoms with van der Waals surface area (Å²) in [6, 6.07) is 13.8. The summed E-state index contributed by atoms with van der Waals surface area (Å²) in [5.74, 6) is 1.72. The van der Waals surface area contributed by atoms with Gasteiger partial charge in [-0.1, -0.05) is 12.1 Å². The molecule has 0 aliphatic carbocycles. The number of pyridine rings is 1. The van der Waals surface area contributed by atoms with Gasteiger partial charge in [-0.25, -0.2) is 9.97 Å². The van der Waals surface area contributed by atoms with E-state index in [1.807, 2.05) is 53.6 Å². The number of thiazole rings is 1. The van der Waals surface area contributed by atoms with E-state index in [0.29, 0.717) is 19.5 Å². The van der Waals surface area contributed by atoms with Gasteiger partial charge >= 0.3 is 0 Å². The Balaban J connectivity index is 1.30. The van der Waals surface area contributed by atoms with Crippen LogP contribution in [0.3, 0.4) is 0 Å². The van der Waals surface area contributed by atoms with Gasteiger partial charge in [-0.3, -0.25) is 4.79 Å². The summed E-state index contributed by atoms with van der Waals surface area (Å²) in [6.45, 7) is 4.98. The van der Waals surface area contributed by atoms with Crippen LogP contribution >= 0.6 is 11.3 Å². The predicted molar refractivity (Wildman–Crippen MR) is 120 cm³/mol. The molecule has 0 radical (unpaired) electrons. The number of ether oxygens (including phenoxy) is 1. The van der Waals surface area contributed by atoms with Crippen molar-refractivity contribution in [3.63, 3.8) is 0 Å². The summed E-state index contributed by atoms with van der Waals surface area (Å²) in [4.78, 5) is 25.9. The van der Waals surface area contributed by atoms with E-state index in [4.69, 9.17) is 4.74 Å². The summed E-state index contributed by atoms with van der Waals surface area (Å²) in [5.41, 5.74) is 2.86. The van der Waals surface area contributed by atoms with Crippen molar-refractivity contribution in [1.29, 1.82) is 0 Å². The second-order valence-corrected chi connectivity index (χ2v) is 8.04. The number of piperazine rings is 1. The van der Waals surface area contributed by atoms with E-state index >= 15 is 0 Å². The van der Waals surface area contributed by atoms with Crippen LogP contribution in [-0.4, -0.2) is 54.1 Å². The lowest BCUT2D eigenvalue weighted by molar-refractivity contribution is -0.130. The Kier molecular flexibility index (Phi) is 6.13. The summed E-state index contributed by atoms with van der Waals surface area (Å²) in [7, 11) is 1.67. The number of carbonyl (C=O) groups excluding carboxylic acids is 1. The summed E-state index contributed by atoms with van der Waals surface area (Å²) in [5, 5.41) is 5.89. The first-order chi connectivity index (χ1) is 14.6. The number of hydrogen-bond donors (Lipinski definition) is 1. The second-order valence-electron chi connectivity index (χ2n) is 7.18. The molecule has 0 spiro atoms. The van der Waals surface area contributed by atoms with Crippen LogP contribution < -0.4 is 15.0 Å². The Hall–Kier alpha value is -3.13. The van der Waals surface area contributed by atoms with Gasteiger partial charge < -0.3 is 19.9 Å². The molecular formula is C22H25N5O2S. The van der Waals surface area contributed by atoms with Crippen molar-refractivity contribution in [3.8, 4) is 5.75 Å². The van der Waals surface area contributed by atoms with Crippen LogP contribution in [0.5, 0.6) is 5.75 Å². The zero-order valence-corrected chi connectivity index (χ0v) is 18.0. The molecule has 156 valence electrons. The van der Waals surface area contributed by atoms with E-state index in [2.05, 4.69) is 26.3 Å². The number of amides is 1. The standard InChI is InChI=1S/C22H25N5O2S/c1-16-5-3-8-20(23-16)25-22-24-17(15-30-22)13-21(28)27-11-9-26(10-12-27)18-6-4-7-19(14-18)29-2/h3-8,14-15H,9-13H2,1-2H3,(H,23,24,25). The first-order valence-corrected chi connectivity index (χ1v) is 10.8. The molecule has 7 nitrogen and oxygen atoms in total. The molecule has 1 N–H and O–H groups in total. The maximum Gasteiger partial charge on any atom is 0.228 e. The SMILES string of the molecule is COc1cccc(N2CCN(C(=O)Cc3csc(Nc4cccc(C)n4)n3)CC2)c1. The third-order valence-electron chi connectivity index (χ3n) is 5.06. The zero-order chi connectivity index (χ0) is 20.9. The number of aromatic nitrogens is 2. The highest BCUT2D eigenvalue weighted by Gasteiger charge is 2.22. The Labute approximate surface area is 180 Å². The van der Waals surface area contributed by atoms with E-state index in [1.54, 1.807) is 7.11 Å². The van der Waals surface area contributed by atoms with Gasteiger partial charge in [0.05, 0.1) is 19.2 Å². The molecule has 3 heterocycles. The molecule has 8 heteroatoms. The average molecular weight is 424 g/mol. The van der Waals surface area contributed by atoms with E-state index in [1.165, 1.54) is 11.3 Å². The molecule has 2 aromatic heterocycles. The monoisotopic (exact) mass is 423 g/mol. The van der Waals surface area contributed by atoms with Gasteiger partial charge in [0.2, 0.25) is 5.91 Å². The highest BCUT2D eigenvalue weighted by molar-refractivity contribution is 7.13. The highest BCUT2D eigenvalue weighted by Crippen LogP contribution is 2.23. The van der Waals surface area contributed by atoms with Crippen LogP contribution in [-0.2, 0) is 11.2 Å². The number of benzene rings is 1. The molecule has 1 saturated heterocycles. The van der Waals surface area contributed by atoms with Crippen molar-refractivity contribution in [2.24, 2.45) is 0 Å². The average Bonchev–Trinajstić information content (AvgIpc) is 3.20. The zero-order valence-electron chi connectivity index (χ0n) is 17.2. The molecule has 1 aromatic carbocycles. The lowest BCUT2D eigenvalue weighted by atomic mass is 10.2. The molecule has 0 unspecified atom stereocenters. The smallest absolute Gasteiger partial charge is 0.228 e. The number of nitrogens with zero attached hydrogens (tertiary/aromatic N) is 4. The number of hydrogen-bond acceptors (Lipinski definition) is 7. The first-order valence-electron chi connectivity index (χ1n) is 9.92. The molecule has 1 aliphatic rings. The summed E-state index contributed by atoms with van der Waals surface area (Å²) in [6.07, 6.45) is 0.318. The fourth-order valence-electron chi connectivity index (χ4n) is 3.46. The highest BCUT2D eigenvalue weighted by atomic mass is 32.1. The van der Waals surface area contributed by atoms with Gasteiger partial charge in [-0.15, -0.1) is 11.3 Å². The van der Waals surface area contributed by atoms with Crippen molar-refractivity contribution in [2.75, 3.05) is 43.5 Å². The number of anilines is 3. The Morgan fingerprint density at radius 1 is 1.13 bits per heavy atom. The molecule has 0 atom stereocenters. The summed E-state index contributed by atoms with van der Waals surface area (Å²) < 4.78 is 5.31. The number of rotatable bonds is 6.